The maximum Gasteiger partial charge on any atom is 0.339 e. The minimum absolute atomic E-state index is 0.0800. The Morgan fingerprint density at radius 2 is 2.00 bits per heavy atom. The van der Waals surface area contributed by atoms with E-state index in [-0.39, 0.29) is 21.8 Å². The molecule has 1 aromatic carbocycles. The molecule has 0 saturated carbocycles. The Balaban J connectivity index is 3.41. The molecular weight excluding hydrogens is 228 g/mol. The lowest BCUT2D eigenvalue weighted by Crippen LogP contribution is -2.16. The minimum Gasteiger partial charge on any atom is -0.505 e. The molecule has 0 saturated heterocycles. The summed E-state index contributed by atoms with van der Waals surface area (Å²) in [6, 6.07) is 3.10. The van der Waals surface area contributed by atoms with Crippen LogP contribution < -0.4 is 0 Å². The summed E-state index contributed by atoms with van der Waals surface area (Å²) in [7, 11) is 0. The number of halogens is 1. The summed E-state index contributed by atoms with van der Waals surface area (Å²) in [5.74, 6) is -1.54. The van der Waals surface area contributed by atoms with Crippen LogP contribution in [0.3, 0.4) is 0 Å². The maximum atomic E-state index is 10.9. The lowest BCUT2D eigenvalue weighted by Gasteiger charge is -2.24. The highest BCUT2D eigenvalue weighted by molar-refractivity contribution is 6.32. The lowest BCUT2D eigenvalue weighted by atomic mass is 9.81. The molecule has 88 valence electrons. The molecule has 0 bridgehead atoms. The SMILES string of the molecule is CCC(C)(C)c1cc(Cl)c(O)c(C(=O)O)c1. The highest BCUT2D eigenvalue weighted by atomic mass is 35.5. The summed E-state index contributed by atoms with van der Waals surface area (Å²) in [6.45, 7) is 6.02. The van der Waals surface area contributed by atoms with Gasteiger partial charge in [-0.05, 0) is 29.5 Å². The van der Waals surface area contributed by atoms with Crippen molar-refractivity contribution in [3.8, 4) is 5.75 Å². The minimum atomic E-state index is -1.17. The highest BCUT2D eigenvalue weighted by Gasteiger charge is 2.23. The van der Waals surface area contributed by atoms with Crippen LogP contribution in [0.1, 0.15) is 43.1 Å². The number of aromatic carboxylic acids is 1. The molecule has 3 nitrogen and oxygen atoms in total. The Hall–Kier alpha value is -1.22. The molecule has 1 rings (SSSR count). The first kappa shape index (κ1) is 12.8. The predicted molar refractivity (Wildman–Crippen MR) is 63.4 cm³/mol. The van der Waals surface area contributed by atoms with Crippen LogP contribution in [0, 0.1) is 0 Å². The fraction of sp³-hybridized carbons (Fsp3) is 0.417. The van der Waals surface area contributed by atoms with E-state index in [1.807, 2.05) is 20.8 Å². The van der Waals surface area contributed by atoms with Gasteiger partial charge in [0.15, 0.2) is 0 Å². The van der Waals surface area contributed by atoms with Gasteiger partial charge in [0.2, 0.25) is 0 Å². The quantitative estimate of drug-likeness (QED) is 0.854. The van der Waals surface area contributed by atoms with Gasteiger partial charge in [0, 0.05) is 0 Å². The number of phenols is 1. The van der Waals surface area contributed by atoms with Crippen molar-refractivity contribution in [3.05, 3.63) is 28.3 Å². The molecule has 4 heteroatoms. The van der Waals surface area contributed by atoms with Gasteiger partial charge in [-0.1, -0.05) is 32.4 Å². The molecule has 0 radical (unpaired) electrons. The van der Waals surface area contributed by atoms with E-state index in [1.165, 1.54) is 6.07 Å². The summed E-state index contributed by atoms with van der Waals surface area (Å²) < 4.78 is 0. The van der Waals surface area contributed by atoms with Crippen molar-refractivity contribution in [2.45, 2.75) is 32.6 Å². The Labute approximate surface area is 99.7 Å². The number of carboxylic acid groups (broad SMARTS) is 1. The first-order chi connectivity index (χ1) is 7.29. The number of carbonyl (C=O) groups is 1. The molecule has 0 fully saturated rings. The van der Waals surface area contributed by atoms with Gasteiger partial charge < -0.3 is 10.2 Å². The van der Waals surface area contributed by atoms with Crippen molar-refractivity contribution in [3.63, 3.8) is 0 Å². The number of hydrogen-bond acceptors (Lipinski definition) is 2. The standard InChI is InChI=1S/C12H15ClO3/c1-4-12(2,3)7-5-8(11(15)16)10(14)9(13)6-7/h5-6,14H,4H2,1-3H3,(H,15,16). The van der Waals surface area contributed by atoms with E-state index in [4.69, 9.17) is 16.7 Å². The average molecular weight is 243 g/mol. The van der Waals surface area contributed by atoms with Gasteiger partial charge in [-0.25, -0.2) is 4.79 Å². The summed E-state index contributed by atoms with van der Waals surface area (Å²) in [5, 5.41) is 18.5. The van der Waals surface area contributed by atoms with E-state index in [9.17, 15) is 9.90 Å². The molecule has 0 aliphatic heterocycles. The van der Waals surface area contributed by atoms with Gasteiger partial charge in [-0.2, -0.15) is 0 Å². The van der Waals surface area contributed by atoms with Gasteiger partial charge in [0.05, 0.1) is 5.02 Å². The second kappa shape index (κ2) is 4.34. The topological polar surface area (TPSA) is 57.5 Å². The average Bonchev–Trinajstić information content (AvgIpc) is 2.21. The van der Waals surface area contributed by atoms with Crippen molar-refractivity contribution in [2.75, 3.05) is 0 Å². The van der Waals surface area contributed by atoms with E-state index in [0.717, 1.165) is 12.0 Å². The first-order valence-corrected chi connectivity index (χ1v) is 5.43. The predicted octanol–water partition coefficient (Wildman–Crippen LogP) is 3.43. The molecule has 0 aromatic heterocycles. The molecule has 0 aliphatic carbocycles. The van der Waals surface area contributed by atoms with Crippen LogP contribution >= 0.6 is 11.6 Å². The number of hydrogen-bond donors (Lipinski definition) is 2. The largest absolute Gasteiger partial charge is 0.505 e. The Kier molecular flexibility index (Phi) is 3.48. The fourth-order valence-electron chi connectivity index (χ4n) is 1.36. The Morgan fingerprint density at radius 1 is 1.44 bits per heavy atom. The smallest absolute Gasteiger partial charge is 0.339 e. The van der Waals surface area contributed by atoms with Crippen LogP contribution in [-0.4, -0.2) is 16.2 Å². The highest BCUT2D eigenvalue weighted by Crippen LogP contribution is 2.35. The zero-order chi connectivity index (χ0) is 12.5. The first-order valence-electron chi connectivity index (χ1n) is 5.06. The van der Waals surface area contributed by atoms with Crippen molar-refractivity contribution < 1.29 is 15.0 Å². The van der Waals surface area contributed by atoms with Crippen molar-refractivity contribution in [1.29, 1.82) is 0 Å². The number of carboxylic acids is 1. The third kappa shape index (κ3) is 2.30. The molecule has 0 spiro atoms. The van der Waals surface area contributed by atoms with Crippen molar-refractivity contribution in [1.82, 2.24) is 0 Å². The van der Waals surface area contributed by atoms with Crippen LogP contribution in [0.2, 0.25) is 5.02 Å². The van der Waals surface area contributed by atoms with Crippen LogP contribution in [0.4, 0.5) is 0 Å². The number of rotatable bonds is 3. The van der Waals surface area contributed by atoms with Crippen LogP contribution in [-0.2, 0) is 5.41 Å². The molecule has 0 unspecified atom stereocenters. The zero-order valence-corrected chi connectivity index (χ0v) is 10.3. The van der Waals surface area contributed by atoms with Gasteiger partial charge in [-0.15, -0.1) is 0 Å². The molecule has 0 aliphatic rings. The Morgan fingerprint density at radius 3 is 2.44 bits per heavy atom. The van der Waals surface area contributed by atoms with E-state index in [2.05, 4.69) is 0 Å². The molecule has 1 aromatic rings. The summed E-state index contributed by atoms with van der Waals surface area (Å²) in [5.41, 5.74) is 0.501. The number of benzene rings is 1. The molecule has 0 atom stereocenters. The second-order valence-electron chi connectivity index (χ2n) is 4.40. The summed E-state index contributed by atoms with van der Waals surface area (Å²) >= 11 is 5.81. The third-order valence-electron chi connectivity index (χ3n) is 2.96. The molecule has 0 amide bonds. The van der Waals surface area contributed by atoms with Crippen molar-refractivity contribution >= 4 is 17.6 Å². The normalized spacial score (nSPS) is 11.5. The lowest BCUT2D eigenvalue weighted by molar-refractivity contribution is 0.0693. The molecule has 16 heavy (non-hydrogen) atoms. The molecule has 2 N–H and O–H groups in total. The van der Waals surface area contributed by atoms with Crippen LogP contribution in [0.15, 0.2) is 12.1 Å². The van der Waals surface area contributed by atoms with E-state index in [0.29, 0.717) is 0 Å². The van der Waals surface area contributed by atoms with Gasteiger partial charge in [0.1, 0.15) is 11.3 Å². The maximum absolute atomic E-state index is 10.9. The Bertz CT molecular complexity index is 425. The fourth-order valence-corrected chi connectivity index (χ4v) is 1.58. The van der Waals surface area contributed by atoms with E-state index in [1.54, 1.807) is 6.07 Å². The summed E-state index contributed by atoms with van der Waals surface area (Å²) in [4.78, 5) is 10.9. The number of aromatic hydroxyl groups is 1. The van der Waals surface area contributed by atoms with Crippen molar-refractivity contribution in [2.24, 2.45) is 0 Å². The van der Waals surface area contributed by atoms with Crippen LogP contribution in [0.25, 0.3) is 0 Å². The monoisotopic (exact) mass is 242 g/mol. The van der Waals surface area contributed by atoms with Gasteiger partial charge in [0.25, 0.3) is 0 Å². The van der Waals surface area contributed by atoms with E-state index >= 15 is 0 Å². The molecular formula is C12H15ClO3. The van der Waals surface area contributed by atoms with Gasteiger partial charge in [-0.3, -0.25) is 0 Å². The van der Waals surface area contributed by atoms with E-state index < -0.39 is 5.97 Å². The second-order valence-corrected chi connectivity index (χ2v) is 4.80. The molecule has 0 heterocycles. The third-order valence-corrected chi connectivity index (χ3v) is 3.25. The summed E-state index contributed by atoms with van der Waals surface area (Å²) in [6.07, 6.45) is 0.854. The van der Waals surface area contributed by atoms with Crippen LogP contribution in [0.5, 0.6) is 5.75 Å². The zero-order valence-electron chi connectivity index (χ0n) is 9.54. The van der Waals surface area contributed by atoms with Gasteiger partial charge >= 0.3 is 5.97 Å².